The SMILES string of the molecule is C#CCOC[C@@H]1CCCN1c1cnn(COCC[Si](C)(C)C)c(=O)c1C(F)(F)F. The van der Waals surface area contributed by atoms with Gasteiger partial charge in [-0.1, -0.05) is 25.6 Å². The molecule has 0 amide bonds. The third-order valence-electron chi connectivity index (χ3n) is 4.70. The van der Waals surface area contributed by atoms with E-state index in [1.54, 1.807) is 4.90 Å². The zero-order valence-corrected chi connectivity index (χ0v) is 18.1. The Labute approximate surface area is 170 Å². The summed E-state index contributed by atoms with van der Waals surface area (Å²) in [6.07, 6.45) is 2.80. The Morgan fingerprint density at radius 2 is 2.07 bits per heavy atom. The van der Waals surface area contributed by atoms with E-state index in [1.165, 1.54) is 0 Å². The van der Waals surface area contributed by atoms with Crippen LogP contribution in [0.5, 0.6) is 0 Å². The lowest BCUT2D eigenvalue weighted by Crippen LogP contribution is -2.39. The standard InChI is InChI=1S/C19H28F3N3O3Si/c1-5-9-27-13-15-7-6-8-24(15)16-12-23-25(14-28-10-11-29(2,3)4)18(26)17(16)19(20,21)22/h1,12,15H,6-11,13-14H2,2-4H3/t15-/m0/s1. The van der Waals surface area contributed by atoms with Crippen LogP contribution in [0.1, 0.15) is 18.4 Å². The lowest BCUT2D eigenvalue weighted by atomic mass is 10.2. The average molecular weight is 432 g/mol. The highest BCUT2D eigenvalue weighted by Gasteiger charge is 2.41. The van der Waals surface area contributed by atoms with E-state index >= 15 is 0 Å². The molecule has 0 aromatic carbocycles. The summed E-state index contributed by atoms with van der Waals surface area (Å²) < 4.78 is 52.7. The van der Waals surface area contributed by atoms with E-state index in [9.17, 15) is 18.0 Å². The van der Waals surface area contributed by atoms with Crippen LogP contribution in [0.25, 0.3) is 0 Å². The molecule has 1 atom stereocenters. The van der Waals surface area contributed by atoms with Crippen molar-refractivity contribution in [3.8, 4) is 12.3 Å². The van der Waals surface area contributed by atoms with Crippen molar-refractivity contribution >= 4 is 13.8 Å². The summed E-state index contributed by atoms with van der Waals surface area (Å²) in [5.74, 6) is 2.33. The van der Waals surface area contributed by atoms with E-state index in [2.05, 4.69) is 30.7 Å². The highest BCUT2D eigenvalue weighted by molar-refractivity contribution is 6.76. The van der Waals surface area contributed by atoms with Crippen molar-refractivity contribution < 1.29 is 22.6 Å². The molecule has 1 fully saturated rings. The Morgan fingerprint density at radius 1 is 1.34 bits per heavy atom. The smallest absolute Gasteiger partial charge is 0.367 e. The first-order valence-corrected chi connectivity index (χ1v) is 13.3. The van der Waals surface area contributed by atoms with E-state index in [4.69, 9.17) is 15.9 Å². The highest BCUT2D eigenvalue weighted by Crippen LogP contribution is 2.36. The largest absolute Gasteiger partial charge is 0.423 e. The highest BCUT2D eigenvalue weighted by atomic mass is 28.3. The molecule has 0 saturated carbocycles. The van der Waals surface area contributed by atoms with E-state index in [1.807, 2.05) is 0 Å². The molecule has 1 aromatic heterocycles. The lowest BCUT2D eigenvalue weighted by molar-refractivity contribution is -0.138. The number of ether oxygens (including phenoxy) is 2. The van der Waals surface area contributed by atoms with Crippen molar-refractivity contribution in [2.24, 2.45) is 0 Å². The quantitative estimate of drug-likeness (QED) is 0.341. The monoisotopic (exact) mass is 431 g/mol. The minimum absolute atomic E-state index is 0.0884. The fourth-order valence-corrected chi connectivity index (χ4v) is 3.92. The van der Waals surface area contributed by atoms with Gasteiger partial charge in [0.15, 0.2) is 0 Å². The van der Waals surface area contributed by atoms with Gasteiger partial charge >= 0.3 is 6.18 Å². The number of rotatable bonds is 9. The van der Waals surface area contributed by atoms with E-state index in [0.29, 0.717) is 26.0 Å². The van der Waals surface area contributed by atoms with Gasteiger partial charge in [-0.2, -0.15) is 18.3 Å². The molecule has 1 saturated heterocycles. The number of aromatic nitrogens is 2. The Kier molecular flexibility index (Phi) is 7.91. The molecule has 2 heterocycles. The molecule has 0 unspecified atom stereocenters. The number of anilines is 1. The van der Waals surface area contributed by atoms with Crippen molar-refractivity contribution in [3.63, 3.8) is 0 Å². The molecule has 0 radical (unpaired) electrons. The first kappa shape index (κ1) is 23.4. The summed E-state index contributed by atoms with van der Waals surface area (Å²) in [6, 6.07) is 0.563. The van der Waals surface area contributed by atoms with Gasteiger partial charge in [-0.05, 0) is 18.9 Å². The molecule has 0 N–H and O–H groups in total. The van der Waals surface area contributed by atoms with Crippen molar-refractivity contribution in [3.05, 3.63) is 22.1 Å². The van der Waals surface area contributed by atoms with Crippen LogP contribution in [0, 0.1) is 12.3 Å². The summed E-state index contributed by atoms with van der Waals surface area (Å²) in [7, 11) is -1.34. The minimum atomic E-state index is -4.80. The third-order valence-corrected chi connectivity index (χ3v) is 6.40. The molecule has 162 valence electrons. The fraction of sp³-hybridized carbons (Fsp3) is 0.684. The van der Waals surface area contributed by atoms with Crippen LogP contribution >= 0.6 is 0 Å². The molecule has 1 aliphatic rings. The van der Waals surface area contributed by atoms with E-state index in [-0.39, 0.29) is 31.7 Å². The molecule has 1 aromatic rings. The molecular formula is C19H28F3N3O3Si. The maximum Gasteiger partial charge on any atom is 0.423 e. The Morgan fingerprint density at radius 3 is 2.69 bits per heavy atom. The summed E-state index contributed by atoms with van der Waals surface area (Å²) in [5.41, 5.74) is -2.63. The van der Waals surface area contributed by atoms with Crippen LogP contribution in [-0.4, -0.2) is 50.3 Å². The van der Waals surface area contributed by atoms with Gasteiger partial charge in [0.2, 0.25) is 0 Å². The molecule has 0 aliphatic carbocycles. The Hall–Kier alpha value is -1.83. The minimum Gasteiger partial charge on any atom is -0.367 e. The number of terminal acetylenes is 1. The molecule has 2 rings (SSSR count). The zero-order valence-electron chi connectivity index (χ0n) is 17.1. The maximum absolute atomic E-state index is 13.8. The van der Waals surface area contributed by atoms with Gasteiger partial charge in [0.05, 0.1) is 24.5 Å². The van der Waals surface area contributed by atoms with Crippen molar-refractivity contribution in [2.45, 2.75) is 57.5 Å². The second kappa shape index (κ2) is 9.78. The predicted octanol–water partition coefficient (Wildman–Crippen LogP) is 3.19. The van der Waals surface area contributed by atoms with E-state index < -0.39 is 25.4 Å². The summed E-state index contributed by atoms with van der Waals surface area (Å²) in [4.78, 5) is 14.1. The van der Waals surface area contributed by atoms with Gasteiger partial charge in [0, 0.05) is 21.2 Å². The van der Waals surface area contributed by atoms with Crippen LogP contribution in [0.2, 0.25) is 25.7 Å². The molecule has 0 bridgehead atoms. The van der Waals surface area contributed by atoms with Gasteiger partial charge in [0.1, 0.15) is 18.9 Å². The van der Waals surface area contributed by atoms with E-state index in [0.717, 1.165) is 16.9 Å². The van der Waals surface area contributed by atoms with Crippen LogP contribution in [0.4, 0.5) is 18.9 Å². The van der Waals surface area contributed by atoms with Gasteiger partial charge < -0.3 is 14.4 Å². The van der Waals surface area contributed by atoms with Crippen LogP contribution < -0.4 is 10.5 Å². The third kappa shape index (κ3) is 6.59. The van der Waals surface area contributed by atoms with Crippen molar-refractivity contribution in [2.75, 3.05) is 31.3 Å². The van der Waals surface area contributed by atoms with Crippen LogP contribution in [0.15, 0.2) is 11.0 Å². The summed E-state index contributed by atoms with van der Waals surface area (Å²) >= 11 is 0. The Bertz CT molecular complexity index is 784. The first-order valence-electron chi connectivity index (χ1n) is 9.57. The first-order chi connectivity index (χ1) is 13.5. The summed E-state index contributed by atoms with van der Waals surface area (Å²) in [6.45, 7) is 7.25. The van der Waals surface area contributed by atoms with Gasteiger partial charge in [-0.15, -0.1) is 6.42 Å². The average Bonchev–Trinajstić information content (AvgIpc) is 3.06. The molecule has 0 spiro atoms. The second-order valence-electron chi connectivity index (χ2n) is 8.26. The zero-order chi connectivity index (χ0) is 21.7. The van der Waals surface area contributed by atoms with Crippen LogP contribution in [0.3, 0.4) is 0 Å². The molecular weight excluding hydrogens is 403 g/mol. The van der Waals surface area contributed by atoms with Crippen molar-refractivity contribution in [1.29, 1.82) is 0 Å². The van der Waals surface area contributed by atoms with Gasteiger partial charge in [-0.3, -0.25) is 4.79 Å². The normalized spacial score (nSPS) is 17.6. The molecule has 29 heavy (non-hydrogen) atoms. The van der Waals surface area contributed by atoms with Gasteiger partial charge in [0.25, 0.3) is 5.56 Å². The van der Waals surface area contributed by atoms with Crippen LogP contribution in [-0.2, 0) is 22.4 Å². The fourth-order valence-electron chi connectivity index (χ4n) is 3.17. The summed E-state index contributed by atoms with van der Waals surface area (Å²) in [5, 5.41) is 3.94. The predicted molar refractivity (Wildman–Crippen MR) is 108 cm³/mol. The number of hydrogen-bond acceptors (Lipinski definition) is 5. The number of nitrogens with zero attached hydrogens (tertiary/aromatic N) is 3. The number of halogens is 3. The lowest BCUT2D eigenvalue weighted by Gasteiger charge is -2.28. The maximum atomic E-state index is 13.8. The second-order valence-corrected chi connectivity index (χ2v) is 13.9. The Balaban J connectivity index is 2.24. The van der Waals surface area contributed by atoms with Gasteiger partial charge in [-0.25, -0.2) is 4.68 Å². The number of alkyl halides is 3. The molecule has 10 heteroatoms. The molecule has 6 nitrogen and oxygen atoms in total. The number of hydrogen-bond donors (Lipinski definition) is 0. The topological polar surface area (TPSA) is 56.6 Å². The molecule has 1 aliphatic heterocycles. The van der Waals surface area contributed by atoms with Crippen molar-refractivity contribution in [1.82, 2.24) is 9.78 Å².